The van der Waals surface area contributed by atoms with Crippen molar-refractivity contribution in [3.63, 3.8) is 0 Å². The molecule has 88 valence electrons. The van der Waals surface area contributed by atoms with Gasteiger partial charge in [0.25, 0.3) is 0 Å². The third-order valence-corrected chi connectivity index (χ3v) is 5.99. The zero-order chi connectivity index (χ0) is 11.8. The number of carbonyl (C=O) groups is 1. The molecular formula is C11H22O3Si. The highest BCUT2D eigenvalue weighted by molar-refractivity contribution is 6.60. The van der Waals surface area contributed by atoms with E-state index in [9.17, 15) is 4.79 Å². The second-order valence-electron chi connectivity index (χ2n) is 3.87. The zero-order valence-electron chi connectivity index (χ0n) is 10.2. The Morgan fingerprint density at radius 1 is 1.53 bits per heavy atom. The van der Waals surface area contributed by atoms with Gasteiger partial charge in [0.15, 0.2) is 0 Å². The molecule has 0 heterocycles. The summed E-state index contributed by atoms with van der Waals surface area (Å²) in [5, 5.41) is 0. The number of rotatable bonds is 7. The van der Waals surface area contributed by atoms with E-state index < -0.39 is 8.80 Å². The van der Waals surface area contributed by atoms with Gasteiger partial charge in [0.05, 0.1) is 6.23 Å². The van der Waals surface area contributed by atoms with Crippen molar-refractivity contribution in [1.82, 2.24) is 0 Å². The fourth-order valence-electron chi connectivity index (χ4n) is 1.32. The Bertz CT molecular complexity index is 216. The molecule has 0 aromatic carbocycles. The molecule has 0 rings (SSSR count). The summed E-state index contributed by atoms with van der Waals surface area (Å²) in [7, 11) is 0.578. The van der Waals surface area contributed by atoms with E-state index in [1.54, 1.807) is 14.0 Å². The van der Waals surface area contributed by atoms with Crippen molar-refractivity contribution in [3.05, 3.63) is 12.2 Å². The van der Waals surface area contributed by atoms with Crippen LogP contribution in [0.1, 0.15) is 27.2 Å². The summed E-state index contributed by atoms with van der Waals surface area (Å²) in [6, 6.07) is 1.14. The minimum atomic E-state index is -1.13. The van der Waals surface area contributed by atoms with Crippen LogP contribution in [0.2, 0.25) is 6.04 Å². The van der Waals surface area contributed by atoms with Gasteiger partial charge in [0.2, 0.25) is 0 Å². The predicted molar refractivity (Wildman–Crippen MR) is 64.5 cm³/mol. The first kappa shape index (κ1) is 14.4. The molecule has 0 N–H and O–H groups in total. The smallest absolute Gasteiger partial charge is 0.332 e. The SMILES string of the molecule is C=C(C)C(=O)OC[SiH](CCC)C(C)OC. The maximum atomic E-state index is 11.2. The summed E-state index contributed by atoms with van der Waals surface area (Å²) < 4.78 is 10.5. The normalized spacial score (nSPS) is 14.4. The summed E-state index contributed by atoms with van der Waals surface area (Å²) in [6.07, 6.45) is 1.67. The van der Waals surface area contributed by atoms with Crippen LogP contribution in [-0.4, -0.2) is 33.8 Å². The molecule has 0 bridgehead atoms. The van der Waals surface area contributed by atoms with Gasteiger partial charge in [-0.15, -0.1) is 0 Å². The Kier molecular flexibility index (Phi) is 7.34. The Morgan fingerprint density at radius 2 is 2.13 bits per heavy atom. The van der Waals surface area contributed by atoms with Crippen LogP contribution < -0.4 is 0 Å². The maximum Gasteiger partial charge on any atom is 0.332 e. The topological polar surface area (TPSA) is 35.5 Å². The molecule has 4 heteroatoms. The van der Waals surface area contributed by atoms with Gasteiger partial charge in [-0.25, -0.2) is 4.79 Å². The monoisotopic (exact) mass is 230 g/mol. The van der Waals surface area contributed by atoms with Crippen LogP contribution in [0.25, 0.3) is 0 Å². The quantitative estimate of drug-likeness (QED) is 0.380. The average Bonchev–Trinajstić information content (AvgIpc) is 2.22. The molecular weight excluding hydrogens is 208 g/mol. The third kappa shape index (κ3) is 5.74. The zero-order valence-corrected chi connectivity index (χ0v) is 11.4. The molecule has 0 radical (unpaired) electrons. The lowest BCUT2D eigenvalue weighted by Crippen LogP contribution is -2.35. The van der Waals surface area contributed by atoms with E-state index in [2.05, 4.69) is 20.4 Å². The predicted octanol–water partition coefficient (Wildman–Crippen LogP) is 1.86. The lowest BCUT2D eigenvalue weighted by molar-refractivity contribution is -0.137. The van der Waals surface area contributed by atoms with Crippen molar-refractivity contribution in [3.8, 4) is 0 Å². The number of hydrogen-bond donors (Lipinski definition) is 0. The first-order valence-electron chi connectivity index (χ1n) is 5.38. The van der Waals surface area contributed by atoms with Gasteiger partial charge < -0.3 is 9.47 Å². The van der Waals surface area contributed by atoms with Gasteiger partial charge in [-0.3, -0.25) is 0 Å². The van der Waals surface area contributed by atoms with Gasteiger partial charge in [0.1, 0.15) is 8.80 Å². The summed E-state index contributed by atoms with van der Waals surface area (Å²) in [6.45, 7) is 9.42. The van der Waals surface area contributed by atoms with E-state index in [1.807, 2.05) is 0 Å². The van der Waals surface area contributed by atoms with E-state index >= 15 is 0 Å². The van der Waals surface area contributed by atoms with Crippen LogP contribution >= 0.6 is 0 Å². The fraction of sp³-hybridized carbons (Fsp3) is 0.727. The van der Waals surface area contributed by atoms with Crippen LogP contribution in [0.3, 0.4) is 0 Å². The molecule has 2 unspecified atom stereocenters. The number of hydrogen-bond acceptors (Lipinski definition) is 3. The van der Waals surface area contributed by atoms with E-state index in [4.69, 9.17) is 9.47 Å². The second kappa shape index (κ2) is 7.65. The summed E-state index contributed by atoms with van der Waals surface area (Å²) in [5.74, 6) is -0.285. The third-order valence-electron chi connectivity index (χ3n) is 2.47. The van der Waals surface area contributed by atoms with Crippen LogP contribution in [-0.2, 0) is 14.3 Å². The molecule has 0 aliphatic carbocycles. The van der Waals surface area contributed by atoms with E-state index in [1.165, 1.54) is 0 Å². The summed E-state index contributed by atoms with van der Waals surface area (Å²) in [5.41, 5.74) is 0.715. The molecule has 0 aliphatic heterocycles. The molecule has 0 spiro atoms. The van der Waals surface area contributed by atoms with Crippen molar-refractivity contribution in [2.75, 3.05) is 13.3 Å². The van der Waals surface area contributed by atoms with Gasteiger partial charge in [-0.1, -0.05) is 26.0 Å². The Balaban J connectivity index is 4.06. The number of methoxy groups -OCH3 is 1. The summed E-state index contributed by atoms with van der Waals surface area (Å²) >= 11 is 0. The van der Waals surface area contributed by atoms with Crippen LogP contribution in [0, 0.1) is 0 Å². The average molecular weight is 230 g/mol. The first-order valence-corrected chi connectivity index (χ1v) is 7.68. The molecule has 3 nitrogen and oxygen atoms in total. The van der Waals surface area contributed by atoms with Crippen LogP contribution in [0.15, 0.2) is 12.2 Å². The minimum absolute atomic E-state index is 0.253. The lowest BCUT2D eigenvalue weighted by Gasteiger charge is -2.20. The van der Waals surface area contributed by atoms with Gasteiger partial charge in [0, 0.05) is 18.4 Å². The molecule has 0 saturated carbocycles. The van der Waals surface area contributed by atoms with Crippen molar-refractivity contribution >= 4 is 14.8 Å². The first-order chi connectivity index (χ1) is 7.02. The van der Waals surface area contributed by atoms with Crippen LogP contribution in [0.4, 0.5) is 0 Å². The highest BCUT2D eigenvalue weighted by Gasteiger charge is 2.20. The highest BCUT2D eigenvalue weighted by atomic mass is 28.3. The number of ether oxygens (including phenoxy) is 2. The molecule has 2 atom stereocenters. The van der Waals surface area contributed by atoms with Gasteiger partial charge >= 0.3 is 5.97 Å². The molecule has 0 fully saturated rings. The lowest BCUT2D eigenvalue weighted by atomic mass is 10.4. The fourth-order valence-corrected chi connectivity index (χ4v) is 3.72. The number of esters is 1. The van der Waals surface area contributed by atoms with E-state index in [0.29, 0.717) is 11.8 Å². The molecule has 0 aromatic heterocycles. The van der Waals surface area contributed by atoms with Crippen molar-refractivity contribution in [1.29, 1.82) is 0 Å². The Hall–Kier alpha value is -0.613. The van der Waals surface area contributed by atoms with Crippen molar-refractivity contribution < 1.29 is 14.3 Å². The summed E-state index contributed by atoms with van der Waals surface area (Å²) in [4.78, 5) is 11.2. The molecule has 0 aromatic rings. The molecule has 15 heavy (non-hydrogen) atoms. The minimum Gasteiger partial charge on any atom is -0.466 e. The number of carbonyl (C=O) groups excluding carboxylic acids is 1. The largest absolute Gasteiger partial charge is 0.466 e. The molecule has 0 aliphatic rings. The standard InChI is InChI=1S/C11H22O3Si/c1-6-7-15(10(4)13-5)8-14-11(12)9(2)3/h10,15H,2,6-8H2,1,3-5H3. The van der Waals surface area contributed by atoms with E-state index in [0.717, 1.165) is 12.5 Å². The molecule has 0 amide bonds. The van der Waals surface area contributed by atoms with Crippen molar-refractivity contribution in [2.45, 2.75) is 39.0 Å². The maximum absolute atomic E-state index is 11.2. The van der Waals surface area contributed by atoms with Crippen molar-refractivity contribution in [2.24, 2.45) is 0 Å². The van der Waals surface area contributed by atoms with Crippen LogP contribution in [0.5, 0.6) is 0 Å². The van der Waals surface area contributed by atoms with E-state index in [-0.39, 0.29) is 11.7 Å². The Morgan fingerprint density at radius 3 is 2.53 bits per heavy atom. The van der Waals surface area contributed by atoms with Gasteiger partial charge in [-0.05, 0) is 13.8 Å². The van der Waals surface area contributed by atoms with Gasteiger partial charge in [-0.2, -0.15) is 0 Å². The molecule has 0 saturated heterocycles. The highest BCUT2D eigenvalue weighted by Crippen LogP contribution is 2.06. The Labute approximate surface area is 94.1 Å². The second-order valence-corrected chi connectivity index (χ2v) is 7.24.